The summed E-state index contributed by atoms with van der Waals surface area (Å²) in [5.41, 5.74) is 7.29. The van der Waals surface area contributed by atoms with Gasteiger partial charge in [0.15, 0.2) is 0 Å². The van der Waals surface area contributed by atoms with Crippen molar-refractivity contribution in [2.75, 3.05) is 0 Å². The Kier molecular flexibility index (Phi) is 3.77. The summed E-state index contributed by atoms with van der Waals surface area (Å²) in [4.78, 5) is 16.4. The number of rotatable bonds is 5. The second kappa shape index (κ2) is 4.66. The molecule has 0 saturated heterocycles. The standard InChI is InChI=1S/C10H16N2OS/c1-10(2,11)4-3-8(13)5-9-6-12-7-14-9/h6-7H,3-5,11H2,1-2H3. The van der Waals surface area contributed by atoms with E-state index in [0.717, 1.165) is 11.3 Å². The summed E-state index contributed by atoms with van der Waals surface area (Å²) in [7, 11) is 0. The van der Waals surface area contributed by atoms with Crippen molar-refractivity contribution in [2.45, 2.75) is 38.6 Å². The van der Waals surface area contributed by atoms with Gasteiger partial charge in [0.2, 0.25) is 0 Å². The molecule has 0 aliphatic carbocycles. The molecular weight excluding hydrogens is 196 g/mol. The van der Waals surface area contributed by atoms with Gasteiger partial charge >= 0.3 is 0 Å². The second-order valence-electron chi connectivity index (χ2n) is 4.17. The number of nitrogens with zero attached hydrogens (tertiary/aromatic N) is 1. The van der Waals surface area contributed by atoms with Crippen LogP contribution in [0.5, 0.6) is 0 Å². The summed E-state index contributed by atoms with van der Waals surface area (Å²) in [5.74, 6) is 0.243. The zero-order valence-electron chi connectivity index (χ0n) is 8.62. The summed E-state index contributed by atoms with van der Waals surface area (Å²) < 4.78 is 0. The van der Waals surface area contributed by atoms with Gasteiger partial charge in [-0.2, -0.15) is 0 Å². The van der Waals surface area contributed by atoms with E-state index in [2.05, 4.69) is 4.98 Å². The van der Waals surface area contributed by atoms with Crippen LogP contribution in [0.2, 0.25) is 0 Å². The van der Waals surface area contributed by atoms with E-state index in [4.69, 9.17) is 5.73 Å². The third-order valence-electron chi connectivity index (χ3n) is 1.90. The van der Waals surface area contributed by atoms with Crippen molar-refractivity contribution < 1.29 is 4.79 Å². The highest BCUT2D eigenvalue weighted by Crippen LogP contribution is 2.12. The van der Waals surface area contributed by atoms with Gasteiger partial charge in [-0.25, -0.2) is 0 Å². The molecule has 0 aliphatic rings. The minimum atomic E-state index is -0.247. The zero-order valence-corrected chi connectivity index (χ0v) is 9.43. The number of carbonyl (C=O) groups excluding carboxylic acids is 1. The van der Waals surface area contributed by atoms with Crippen molar-refractivity contribution in [3.05, 3.63) is 16.6 Å². The Morgan fingerprint density at radius 2 is 2.36 bits per heavy atom. The lowest BCUT2D eigenvalue weighted by molar-refractivity contribution is -0.118. The van der Waals surface area contributed by atoms with Gasteiger partial charge in [0.25, 0.3) is 0 Å². The highest BCUT2D eigenvalue weighted by Gasteiger charge is 2.13. The highest BCUT2D eigenvalue weighted by atomic mass is 32.1. The topological polar surface area (TPSA) is 56.0 Å². The number of carbonyl (C=O) groups is 1. The van der Waals surface area contributed by atoms with Crippen molar-refractivity contribution in [1.29, 1.82) is 0 Å². The number of hydrogen-bond acceptors (Lipinski definition) is 4. The van der Waals surface area contributed by atoms with E-state index in [1.54, 1.807) is 11.7 Å². The van der Waals surface area contributed by atoms with Crippen molar-refractivity contribution >= 4 is 17.1 Å². The van der Waals surface area contributed by atoms with Gasteiger partial charge in [0, 0.05) is 29.5 Å². The molecule has 0 fully saturated rings. The van der Waals surface area contributed by atoms with Gasteiger partial charge in [0.05, 0.1) is 5.51 Å². The molecule has 3 nitrogen and oxygen atoms in total. The fourth-order valence-corrected chi connectivity index (χ4v) is 1.70. The van der Waals surface area contributed by atoms with E-state index in [1.807, 2.05) is 13.8 Å². The molecule has 78 valence electrons. The van der Waals surface area contributed by atoms with Gasteiger partial charge in [-0.05, 0) is 20.3 Å². The number of ketones is 1. The van der Waals surface area contributed by atoms with Crippen molar-refractivity contribution in [2.24, 2.45) is 5.73 Å². The van der Waals surface area contributed by atoms with Crippen LogP contribution in [0.1, 0.15) is 31.6 Å². The number of nitrogens with two attached hydrogens (primary N) is 1. The maximum absolute atomic E-state index is 11.5. The van der Waals surface area contributed by atoms with Crippen LogP contribution in [-0.2, 0) is 11.2 Å². The lowest BCUT2D eigenvalue weighted by atomic mass is 9.97. The summed E-state index contributed by atoms with van der Waals surface area (Å²) >= 11 is 1.52. The third kappa shape index (κ3) is 4.48. The SMILES string of the molecule is CC(C)(N)CCC(=O)Cc1cncs1. The number of hydrogen-bond donors (Lipinski definition) is 1. The summed E-state index contributed by atoms with van der Waals surface area (Å²) in [6, 6.07) is 0. The minimum absolute atomic E-state index is 0.243. The molecule has 0 radical (unpaired) electrons. The fourth-order valence-electron chi connectivity index (χ4n) is 1.07. The van der Waals surface area contributed by atoms with Crippen LogP contribution in [0, 0.1) is 0 Å². The number of Topliss-reactive ketones (excluding diaryl/α,β-unsaturated/α-hetero) is 1. The Bertz CT molecular complexity index is 288. The normalized spacial score (nSPS) is 11.6. The van der Waals surface area contributed by atoms with Crippen molar-refractivity contribution in [3.63, 3.8) is 0 Å². The summed E-state index contributed by atoms with van der Waals surface area (Å²) in [5, 5.41) is 0. The lowest BCUT2D eigenvalue weighted by Crippen LogP contribution is -2.32. The molecule has 1 rings (SSSR count). The van der Waals surface area contributed by atoms with Gasteiger partial charge in [-0.1, -0.05) is 0 Å². The molecule has 0 unspecified atom stereocenters. The molecule has 14 heavy (non-hydrogen) atoms. The molecular formula is C10H16N2OS. The van der Waals surface area contributed by atoms with Crippen molar-refractivity contribution in [1.82, 2.24) is 4.98 Å². The average molecular weight is 212 g/mol. The number of thiazole rings is 1. The highest BCUT2D eigenvalue weighted by molar-refractivity contribution is 7.09. The van der Waals surface area contributed by atoms with Crippen molar-refractivity contribution in [3.8, 4) is 0 Å². The van der Waals surface area contributed by atoms with E-state index in [9.17, 15) is 4.79 Å². The molecule has 4 heteroatoms. The predicted octanol–water partition coefficient (Wildman–Crippen LogP) is 1.77. The van der Waals surface area contributed by atoms with Crippen LogP contribution in [0.15, 0.2) is 11.7 Å². The van der Waals surface area contributed by atoms with Crippen LogP contribution in [0.4, 0.5) is 0 Å². The largest absolute Gasteiger partial charge is 0.326 e. The molecule has 1 aromatic heterocycles. The van der Waals surface area contributed by atoms with Crippen LogP contribution >= 0.6 is 11.3 Å². The molecule has 0 aliphatic heterocycles. The zero-order chi connectivity index (χ0) is 10.6. The van der Waals surface area contributed by atoms with Gasteiger partial charge in [-0.3, -0.25) is 9.78 Å². The van der Waals surface area contributed by atoms with Gasteiger partial charge in [0.1, 0.15) is 5.78 Å². The van der Waals surface area contributed by atoms with Crippen LogP contribution in [0.25, 0.3) is 0 Å². The van der Waals surface area contributed by atoms with Crippen LogP contribution < -0.4 is 5.73 Å². The van der Waals surface area contributed by atoms with Gasteiger partial charge in [-0.15, -0.1) is 11.3 Å². The Hall–Kier alpha value is -0.740. The fraction of sp³-hybridized carbons (Fsp3) is 0.600. The lowest BCUT2D eigenvalue weighted by Gasteiger charge is -2.17. The number of aromatic nitrogens is 1. The Labute approximate surface area is 88.3 Å². The Balaban J connectivity index is 2.30. The molecule has 0 bridgehead atoms. The first-order valence-electron chi connectivity index (χ1n) is 4.65. The predicted molar refractivity (Wildman–Crippen MR) is 58.3 cm³/mol. The van der Waals surface area contributed by atoms with E-state index in [-0.39, 0.29) is 11.3 Å². The maximum atomic E-state index is 11.5. The molecule has 0 saturated carbocycles. The van der Waals surface area contributed by atoms with E-state index in [0.29, 0.717) is 12.8 Å². The first kappa shape index (κ1) is 11.3. The van der Waals surface area contributed by atoms with Crippen LogP contribution in [0.3, 0.4) is 0 Å². The molecule has 1 heterocycles. The molecule has 2 N–H and O–H groups in total. The first-order chi connectivity index (χ1) is 6.47. The quantitative estimate of drug-likeness (QED) is 0.809. The van der Waals surface area contributed by atoms with E-state index >= 15 is 0 Å². The molecule has 0 aromatic carbocycles. The summed E-state index contributed by atoms with van der Waals surface area (Å²) in [6.45, 7) is 3.87. The first-order valence-corrected chi connectivity index (χ1v) is 5.53. The molecule has 1 aromatic rings. The smallest absolute Gasteiger partial charge is 0.138 e. The maximum Gasteiger partial charge on any atom is 0.138 e. The van der Waals surface area contributed by atoms with Gasteiger partial charge < -0.3 is 5.73 Å². The van der Waals surface area contributed by atoms with Crippen LogP contribution in [-0.4, -0.2) is 16.3 Å². The van der Waals surface area contributed by atoms with E-state index < -0.39 is 0 Å². The third-order valence-corrected chi connectivity index (χ3v) is 2.68. The minimum Gasteiger partial charge on any atom is -0.326 e. The monoisotopic (exact) mass is 212 g/mol. The summed E-state index contributed by atoms with van der Waals surface area (Å²) in [6.07, 6.45) is 3.54. The average Bonchev–Trinajstić information content (AvgIpc) is 2.52. The Morgan fingerprint density at radius 3 is 2.86 bits per heavy atom. The van der Waals surface area contributed by atoms with E-state index in [1.165, 1.54) is 11.3 Å². The molecule has 0 amide bonds. The molecule has 0 spiro atoms. The second-order valence-corrected chi connectivity index (χ2v) is 5.14. The Morgan fingerprint density at radius 1 is 1.64 bits per heavy atom. The molecule has 0 atom stereocenters.